The number of rotatable bonds is 5. The van der Waals surface area contributed by atoms with Gasteiger partial charge in [-0.2, -0.15) is 5.10 Å². The minimum Gasteiger partial charge on any atom is -0.367 e. The molecule has 2 aromatic heterocycles. The van der Waals surface area contributed by atoms with Crippen LogP contribution >= 0.6 is 0 Å². The van der Waals surface area contributed by atoms with Gasteiger partial charge in [0.2, 0.25) is 5.91 Å². The maximum absolute atomic E-state index is 12.4. The zero-order valence-corrected chi connectivity index (χ0v) is 14.8. The molecule has 0 atom stereocenters. The van der Waals surface area contributed by atoms with Gasteiger partial charge < -0.3 is 14.8 Å². The molecule has 2 aromatic rings. The van der Waals surface area contributed by atoms with Gasteiger partial charge in [-0.3, -0.25) is 14.7 Å². The second-order valence-electron chi connectivity index (χ2n) is 6.81. The van der Waals surface area contributed by atoms with Crippen LogP contribution in [-0.2, 0) is 11.2 Å². The Hall–Kier alpha value is -2.57. The molecular formula is C18H25N5O2. The van der Waals surface area contributed by atoms with E-state index < -0.39 is 0 Å². The normalized spacial score (nSPS) is 15.4. The van der Waals surface area contributed by atoms with Gasteiger partial charge in [0.05, 0.1) is 18.2 Å². The van der Waals surface area contributed by atoms with Crippen molar-refractivity contribution in [3.8, 4) is 0 Å². The highest BCUT2D eigenvalue weighted by atomic mass is 16.2. The van der Waals surface area contributed by atoms with Gasteiger partial charge in [-0.15, -0.1) is 0 Å². The minimum atomic E-state index is -0.00258. The number of nitrogens with one attached hydrogen (secondary N) is 2. The van der Waals surface area contributed by atoms with Crippen LogP contribution in [0.3, 0.4) is 0 Å². The standard InChI is InChI=1S/C18H25N5O2/c1-13-16(11-20-21-13)18(25)22(2)12-14-4-7-23(8-5-14)17(24)9-15-3-6-19-10-15/h3,6,10-11,14,19H,4-5,7-9,12H2,1-2H3,(H,20,21). The fraction of sp³-hybridized carbons (Fsp3) is 0.500. The van der Waals surface area contributed by atoms with Gasteiger partial charge in [-0.05, 0) is 37.3 Å². The molecule has 25 heavy (non-hydrogen) atoms. The van der Waals surface area contributed by atoms with E-state index in [1.165, 1.54) is 0 Å². The molecule has 1 fully saturated rings. The molecule has 0 radical (unpaired) electrons. The Morgan fingerprint density at radius 1 is 1.36 bits per heavy atom. The van der Waals surface area contributed by atoms with E-state index in [1.54, 1.807) is 11.1 Å². The number of hydrogen-bond donors (Lipinski definition) is 2. The van der Waals surface area contributed by atoms with Crippen LogP contribution in [0.15, 0.2) is 24.7 Å². The number of aromatic nitrogens is 3. The number of carbonyl (C=O) groups excluding carboxylic acids is 2. The molecule has 1 saturated heterocycles. The molecule has 7 heteroatoms. The fourth-order valence-corrected chi connectivity index (χ4v) is 3.36. The SMILES string of the molecule is Cc1[nH]ncc1C(=O)N(C)CC1CCN(C(=O)Cc2cc[nH]c2)CC1. The highest BCUT2D eigenvalue weighted by Gasteiger charge is 2.25. The van der Waals surface area contributed by atoms with Gasteiger partial charge in [0.25, 0.3) is 5.91 Å². The summed E-state index contributed by atoms with van der Waals surface area (Å²) < 4.78 is 0. The highest BCUT2D eigenvalue weighted by molar-refractivity contribution is 5.94. The number of carbonyl (C=O) groups is 2. The number of nitrogens with zero attached hydrogens (tertiary/aromatic N) is 3. The molecular weight excluding hydrogens is 318 g/mol. The van der Waals surface area contributed by atoms with E-state index in [9.17, 15) is 9.59 Å². The predicted molar refractivity (Wildman–Crippen MR) is 94.1 cm³/mol. The van der Waals surface area contributed by atoms with Crippen molar-refractivity contribution in [2.45, 2.75) is 26.2 Å². The van der Waals surface area contributed by atoms with Crippen molar-refractivity contribution in [2.24, 2.45) is 5.92 Å². The van der Waals surface area contributed by atoms with Crippen LogP contribution in [0.2, 0.25) is 0 Å². The summed E-state index contributed by atoms with van der Waals surface area (Å²) in [5, 5.41) is 6.71. The third-order valence-electron chi connectivity index (χ3n) is 4.92. The van der Waals surface area contributed by atoms with Crippen molar-refractivity contribution >= 4 is 11.8 Å². The van der Waals surface area contributed by atoms with E-state index in [-0.39, 0.29) is 11.8 Å². The van der Waals surface area contributed by atoms with Crippen LogP contribution in [0, 0.1) is 12.8 Å². The molecule has 1 aliphatic heterocycles. The second-order valence-corrected chi connectivity index (χ2v) is 6.81. The van der Waals surface area contributed by atoms with Crippen LogP contribution in [0.4, 0.5) is 0 Å². The first-order valence-corrected chi connectivity index (χ1v) is 8.69. The molecule has 2 amide bonds. The molecule has 1 aliphatic rings. The molecule has 0 aromatic carbocycles. The van der Waals surface area contributed by atoms with Crippen LogP contribution < -0.4 is 0 Å². The Morgan fingerprint density at radius 2 is 2.12 bits per heavy atom. The van der Waals surface area contributed by atoms with E-state index >= 15 is 0 Å². The molecule has 0 spiro atoms. The van der Waals surface area contributed by atoms with Crippen LogP contribution in [0.5, 0.6) is 0 Å². The van der Waals surface area contributed by atoms with Crippen LogP contribution in [-0.4, -0.2) is 63.5 Å². The molecule has 0 bridgehead atoms. The zero-order valence-electron chi connectivity index (χ0n) is 14.8. The van der Waals surface area contributed by atoms with E-state index in [1.807, 2.05) is 37.3 Å². The molecule has 3 rings (SSSR count). The maximum Gasteiger partial charge on any atom is 0.257 e. The van der Waals surface area contributed by atoms with Crippen molar-refractivity contribution in [3.63, 3.8) is 0 Å². The summed E-state index contributed by atoms with van der Waals surface area (Å²) in [4.78, 5) is 31.5. The lowest BCUT2D eigenvalue weighted by Gasteiger charge is -2.34. The number of aromatic amines is 2. The van der Waals surface area contributed by atoms with Gasteiger partial charge in [-0.25, -0.2) is 0 Å². The lowest BCUT2D eigenvalue weighted by atomic mass is 9.95. The first-order valence-electron chi connectivity index (χ1n) is 8.69. The first kappa shape index (κ1) is 17.3. The molecule has 134 valence electrons. The number of piperidine rings is 1. The lowest BCUT2D eigenvalue weighted by Crippen LogP contribution is -2.42. The number of aryl methyl sites for hydroxylation is 1. The topological polar surface area (TPSA) is 85.1 Å². The minimum absolute atomic E-state index is 0.00258. The van der Waals surface area contributed by atoms with Crippen molar-refractivity contribution in [2.75, 3.05) is 26.7 Å². The molecule has 0 aliphatic carbocycles. The Morgan fingerprint density at radius 3 is 2.72 bits per heavy atom. The Balaban J connectivity index is 1.46. The van der Waals surface area contributed by atoms with Gasteiger partial charge >= 0.3 is 0 Å². The molecule has 7 nitrogen and oxygen atoms in total. The average molecular weight is 343 g/mol. The predicted octanol–water partition coefficient (Wildman–Crippen LogP) is 1.60. The van der Waals surface area contributed by atoms with Crippen molar-refractivity contribution in [1.29, 1.82) is 0 Å². The number of likely N-dealkylation sites (tertiary alicyclic amines) is 1. The third-order valence-corrected chi connectivity index (χ3v) is 4.92. The zero-order chi connectivity index (χ0) is 17.8. The molecule has 0 unspecified atom stereocenters. The molecule has 2 N–H and O–H groups in total. The second kappa shape index (κ2) is 7.55. The maximum atomic E-state index is 12.4. The van der Waals surface area contributed by atoms with Crippen molar-refractivity contribution in [3.05, 3.63) is 41.5 Å². The van der Waals surface area contributed by atoms with Gasteiger partial charge in [-0.1, -0.05) is 0 Å². The van der Waals surface area contributed by atoms with Crippen molar-refractivity contribution in [1.82, 2.24) is 25.0 Å². The van der Waals surface area contributed by atoms with E-state index in [4.69, 9.17) is 0 Å². The summed E-state index contributed by atoms with van der Waals surface area (Å²) >= 11 is 0. The van der Waals surface area contributed by atoms with Crippen LogP contribution in [0.25, 0.3) is 0 Å². The van der Waals surface area contributed by atoms with Gasteiger partial charge in [0.1, 0.15) is 0 Å². The van der Waals surface area contributed by atoms with E-state index in [2.05, 4.69) is 15.2 Å². The van der Waals surface area contributed by atoms with Crippen molar-refractivity contribution < 1.29 is 9.59 Å². The smallest absolute Gasteiger partial charge is 0.257 e. The lowest BCUT2D eigenvalue weighted by molar-refractivity contribution is -0.131. The Bertz CT molecular complexity index is 714. The number of amides is 2. The summed E-state index contributed by atoms with van der Waals surface area (Å²) in [5.74, 6) is 0.603. The summed E-state index contributed by atoms with van der Waals surface area (Å²) in [6.07, 6.45) is 7.59. The quantitative estimate of drug-likeness (QED) is 0.865. The Kier molecular flexibility index (Phi) is 5.21. The largest absolute Gasteiger partial charge is 0.367 e. The van der Waals surface area contributed by atoms with Gasteiger partial charge in [0, 0.05) is 44.8 Å². The first-order chi connectivity index (χ1) is 12.0. The van der Waals surface area contributed by atoms with E-state index in [0.29, 0.717) is 24.4 Å². The average Bonchev–Trinajstić information content (AvgIpc) is 3.26. The van der Waals surface area contributed by atoms with Gasteiger partial charge in [0.15, 0.2) is 0 Å². The molecule has 0 saturated carbocycles. The number of hydrogen-bond acceptors (Lipinski definition) is 3. The fourth-order valence-electron chi connectivity index (χ4n) is 3.36. The summed E-state index contributed by atoms with van der Waals surface area (Å²) in [6.45, 7) is 4.09. The summed E-state index contributed by atoms with van der Waals surface area (Å²) in [5.41, 5.74) is 2.44. The van der Waals surface area contributed by atoms with E-state index in [0.717, 1.165) is 37.2 Å². The summed E-state index contributed by atoms with van der Waals surface area (Å²) in [6, 6.07) is 1.93. The molecule has 3 heterocycles. The monoisotopic (exact) mass is 343 g/mol. The van der Waals surface area contributed by atoms with Crippen LogP contribution in [0.1, 0.15) is 34.5 Å². The Labute approximate surface area is 147 Å². The highest BCUT2D eigenvalue weighted by Crippen LogP contribution is 2.20. The number of H-pyrrole nitrogens is 2. The third kappa shape index (κ3) is 4.10. The summed E-state index contributed by atoms with van der Waals surface area (Å²) in [7, 11) is 1.83.